The summed E-state index contributed by atoms with van der Waals surface area (Å²) in [6.07, 6.45) is 1.58. The van der Waals surface area contributed by atoms with Gasteiger partial charge in [0.15, 0.2) is 0 Å². The first-order chi connectivity index (χ1) is 13.8. The normalized spacial score (nSPS) is 10.8. The van der Waals surface area contributed by atoms with E-state index >= 15 is 0 Å². The SMILES string of the molecule is CCOC(=O)c1c(C)[nH]c(C(=O)Nc2ccnn2Cc2ccc(Cl)cc2Cl)c1C. The predicted octanol–water partition coefficient (Wildman–Crippen LogP) is 4.61. The largest absolute Gasteiger partial charge is 0.462 e. The Morgan fingerprint density at radius 3 is 2.69 bits per heavy atom. The van der Waals surface area contributed by atoms with E-state index in [-0.39, 0.29) is 12.5 Å². The molecule has 2 aromatic heterocycles. The van der Waals surface area contributed by atoms with Crippen molar-refractivity contribution < 1.29 is 14.3 Å². The highest BCUT2D eigenvalue weighted by Gasteiger charge is 2.23. The Hall–Kier alpha value is -2.77. The summed E-state index contributed by atoms with van der Waals surface area (Å²) in [7, 11) is 0. The molecule has 1 aromatic carbocycles. The molecule has 0 saturated heterocycles. The quantitative estimate of drug-likeness (QED) is 0.554. The van der Waals surface area contributed by atoms with Crippen LogP contribution >= 0.6 is 23.2 Å². The van der Waals surface area contributed by atoms with Crippen molar-refractivity contribution in [3.63, 3.8) is 0 Å². The van der Waals surface area contributed by atoms with Crippen molar-refractivity contribution in [1.82, 2.24) is 14.8 Å². The Morgan fingerprint density at radius 2 is 2.00 bits per heavy atom. The topological polar surface area (TPSA) is 89.0 Å². The average molecular weight is 435 g/mol. The standard InChI is InChI=1S/C20H20Cl2N4O3/c1-4-29-20(28)17-11(2)18(24-12(17)3)19(27)25-16-7-8-23-26(16)10-13-5-6-14(21)9-15(13)22/h5-9,24H,4,10H2,1-3H3,(H,25,27). The number of rotatable bonds is 6. The van der Waals surface area contributed by atoms with Crippen LogP contribution in [0.3, 0.4) is 0 Å². The van der Waals surface area contributed by atoms with E-state index in [1.165, 1.54) is 0 Å². The second-order valence-corrected chi connectivity index (χ2v) is 7.25. The summed E-state index contributed by atoms with van der Waals surface area (Å²) in [5.74, 6) is -0.351. The Kier molecular flexibility index (Phi) is 6.30. The zero-order valence-corrected chi connectivity index (χ0v) is 17.7. The number of aromatic nitrogens is 3. The van der Waals surface area contributed by atoms with Crippen LogP contribution in [0.15, 0.2) is 30.5 Å². The van der Waals surface area contributed by atoms with Crippen LogP contribution in [-0.4, -0.2) is 33.2 Å². The van der Waals surface area contributed by atoms with Crippen LogP contribution in [0, 0.1) is 13.8 Å². The van der Waals surface area contributed by atoms with Gasteiger partial charge < -0.3 is 15.0 Å². The van der Waals surface area contributed by atoms with Crippen molar-refractivity contribution in [1.29, 1.82) is 0 Å². The van der Waals surface area contributed by atoms with Crippen molar-refractivity contribution in [3.8, 4) is 0 Å². The minimum atomic E-state index is -0.458. The van der Waals surface area contributed by atoms with E-state index in [0.29, 0.717) is 44.9 Å². The van der Waals surface area contributed by atoms with Crippen LogP contribution in [0.25, 0.3) is 0 Å². The fraction of sp³-hybridized carbons (Fsp3) is 0.250. The van der Waals surface area contributed by atoms with Crippen molar-refractivity contribution in [2.45, 2.75) is 27.3 Å². The van der Waals surface area contributed by atoms with Gasteiger partial charge in [0.05, 0.1) is 24.9 Å². The molecule has 2 heterocycles. The summed E-state index contributed by atoms with van der Waals surface area (Å²) >= 11 is 12.2. The van der Waals surface area contributed by atoms with Gasteiger partial charge in [0.1, 0.15) is 11.5 Å². The molecule has 1 amide bonds. The summed E-state index contributed by atoms with van der Waals surface area (Å²) < 4.78 is 6.68. The van der Waals surface area contributed by atoms with Crippen molar-refractivity contribution >= 4 is 40.9 Å². The Morgan fingerprint density at radius 1 is 1.24 bits per heavy atom. The molecule has 3 rings (SSSR count). The Labute approximate surface area is 178 Å². The van der Waals surface area contributed by atoms with Crippen LogP contribution in [-0.2, 0) is 11.3 Å². The van der Waals surface area contributed by atoms with Gasteiger partial charge in [0.2, 0.25) is 0 Å². The average Bonchev–Trinajstić information content (AvgIpc) is 3.21. The lowest BCUT2D eigenvalue weighted by molar-refractivity contribution is 0.0525. The molecule has 0 saturated carbocycles. The predicted molar refractivity (Wildman–Crippen MR) is 112 cm³/mol. The lowest BCUT2D eigenvalue weighted by Gasteiger charge is -2.10. The first kappa shape index (κ1) is 21.0. The summed E-state index contributed by atoms with van der Waals surface area (Å²) in [6, 6.07) is 6.88. The third-order valence-electron chi connectivity index (χ3n) is 4.44. The summed E-state index contributed by atoms with van der Waals surface area (Å²) in [4.78, 5) is 27.9. The third-order valence-corrected chi connectivity index (χ3v) is 5.02. The van der Waals surface area contributed by atoms with E-state index in [4.69, 9.17) is 27.9 Å². The number of ether oxygens (including phenoxy) is 1. The van der Waals surface area contributed by atoms with Crippen LogP contribution in [0.4, 0.5) is 5.82 Å². The van der Waals surface area contributed by atoms with E-state index in [0.717, 1.165) is 5.56 Å². The van der Waals surface area contributed by atoms with E-state index in [1.54, 1.807) is 49.8 Å². The van der Waals surface area contributed by atoms with Crippen LogP contribution in [0.5, 0.6) is 0 Å². The molecule has 152 valence electrons. The van der Waals surface area contributed by atoms with Crippen molar-refractivity contribution in [2.24, 2.45) is 0 Å². The number of carbonyl (C=O) groups excluding carboxylic acids is 2. The van der Waals surface area contributed by atoms with Gasteiger partial charge in [-0.3, -0.25) is 4.79 Å². The molecule has 0 unspecified atom stereocenters. The van der Waals surface area contributed by atoms with Gasteiger partial charge in [0.25, 0.3) is 5.91 Å². The Balaban J connectivity index is 1.82. The number of nitrogens with one attached hydrogen (secondary N) is 2. The van der Waals surface area contributed by atoms with Gasteiger partial charge in [-0.2, -0.15) is 5.10 Å². The number of H-pyrrole nitrogens is 1. The zero-order valence-electron chi connectivity index (χ0n) is 16.2. The minimum absolute atomic E-state index is 0.261. The molecule has 0 spiro atoms. The maximum absolute atomic E-state index is 12.8. The van der Waals surface area contributed by atoms with Crippen molar-refractivity contribution in [3.05, 3.63) is 68.6 Å². The van der Waals surface area contributed by atoms with Crippen LogP contribution < -0.4 is 5.32 Å². The Bertz CT molecular complexity index is 1070. The molecular weight excluding hydrogens is 415 g/mol. The number of aryl methyl sites for hydroxylation is 1. The monoisotopic (exact) mass is 434 g/mol. The highest BCUT2D eigenvalue weighted by Crippen LogP contribution is 2.24. The van der Waals surface area contributed by atoms with Crippen molar-refractivity contribution in [2.75, 3.05) is 11.9 Å². The molecule has 0 atom stereocenters. The van der Waals surface area contributed by atoms with Crippen LogP contribution in [0.1, 0.15) is 44.6 Å². The van der Waals surface area contributed by atoms with E-state index < -0.39 is 5.97 Å². The molecule has 0 aliphatic rings. The number of nitrogens with zero attached hydrogens (tertiary/aromatic N) is 2. The maximum Gasteiger partial charge on any atom is 0.340 e. The molecule has 3 aromatic rings. The molecule has 7 nitrogen and oxygen atoms in total. The lowest BCUT2D eigenvalue weighted by Crippen LogP contribution is -2.17. The maximum atomic E-state index is 12.8. The number of halogens is 2. The summed E-state index contributed by atoms with van der Waals surface area (Å²) in [6.45, 7) is 5.78. The number of amides is 1. The number of carbonyl (C=O) groups is 2. The first-order valence-electron chi connectivity index (χ1n) is 8.95. The number of hydrogen-bond acceptors (Lipinski definition) is 4. The van der Waals surface area contributed by atoms with E-state index in [1.807, 2.05) is 6.07 Å². The van der Waals surface area contributed by atoms with Gasteiger partial charge in [-0.25, -0.2) is 9.48 Å². The highest BCUT2D eigenvalue weighted by atomic mass is 35.5. The number of esters is 1. The number of hydrogen-bond donors (Lipinski definition) is 2. The molecule has 29 heavy (non-hydrogen) atoms. The fourth-order valence-corrected chi connectivity index (χ4v) is 3.51. The zero-order chi connectivity index (χ0) is 21.1. The van der Waals surface area contributed by atoms with Gasteiger partial charge in [-0.1, -0.05) is 29.3 Å². The molecule has 0 aliphatic heterocycles. The number of aromatic amines is 1. The highest BCUT2D eigenvalue weighted by molar-refractivity contribution is 6.35. The number of anilines is 1. The van der Waals surface area contributed by atoms with Gasteiger partial charge in [-0.05, 0) is 44.0 Å². The third kappa shape index (κ3) is 4.46. The molecule has 0 aliphatic carbocycles. The molecule has 0 radical (unpaired) electrons. The summed E-state index contributed by atoms with van der Waals surface area (Å²) in [5.41, 5.74) is 2.59. The second-order valence-electron chi connectivity index (χ2n) is 6.41. The van der Waals surface area contributed by atoms with Crippen LogP contribution in [0.2, 0.25) is 10.0 Å². The smallest absolute Gasteiger partial charge is 0.340 e. The number of benzene rings is 1. The molecule has 9 heteroatoms. The van der Waals surface area contributed by atoms with E-state index in [9.17, 15) is 9.59 Å². The molecule has 2 N–H and O–H groups in total. The second kappa shape index (κ2) is 8.71. The van der Waals surface area contributed by atoms with Gasteiger partial charge >= 0.3 is 5.97 Å². The molecule has 0 bridgehead atoms. The molecular formula is C20H20Cl2N4O3. The van der Waals surface area contributed by atoms with Gasteiger partial charge in [-0.15, -0.1) is 0 Å². The minimum Gasteiger partial charge on any atom is -0.462 e. The lowest BCUT2D eigenvalue weighted by atomic mass is 10.1. The fourth-order valence-electron chi connectivity index (χ4n) is 3.04. The van der Waals surface area contributed by atoms with Gasteiger partial charge in [0, 0.05) is 21.8 Å². The molecule has 0 fully saturated rings. The summed E-state index contributed by atoms with van der Waals surface area (Å²) in [5, 5.41) is 8.12. The van der Waals surface area contributed by atoms with E-state index in [2.05, 4.69) is 15.4 Å². The first-order valence-corrected chi connectivity index (χ1v) is 9.70.